The molecule has 0 aliphatic carbocycles. The highest BCUT2D eigenvalue weighted by molar-refractivity contribution is 5.92. The molecule has 0 heterocycles. The van der Waals surface area contributed by atoms with Crippen molar-refractivity contribution in [3.05, 3.63) is 29.8 Å². The van der Waals surface area contributed by atoms with Crippen molar-refractivity contribution in [3.63, 3.8) is 0 Å². The van der Waals surface area contributed by atoms with Crippen LogP contribution in [0.3, 0.4) is 0 Å². The maximum absolute atomic E-state index is 13.9. The molecule has 0 radical (unpaired) electrons. The smallest absolute Gasteiger partial charge is 0.408 e. The van der Waals surface area contributed by atoms with Crippen LogP contribution in [0, 0.1) is 5.92 Å². The highest BCUT2D eigenvalue weighted by Gasteiger charge is 2.39. The summed E-state index contributed by atoms with van der Waals surface area (Å²) in [7, 11) is 0. The van der Waals surface area contributed by atoms with Crippen LogP contribution in [0.4, 0.5) is 4.79 Å². The Balaban J connectivity index is 3.47. The SMILES string of the molecule is CCC(C)N(C(=O)C(NC(=O)OC(C)(C)C)C(C)C)C(C(=O)NC(C)C)c1ccc(O)cc1. The first-order chi connectivity index (χ1) is 15.2. The van der Waals surface area contributed by atoms with Crippen molar-refractivity contribution in [2.24, 2.45) is 5.92 Å². The zero-order valence-corrected chi connectivity index (χ0v) is 21.4. The van der Waals surface area contributed by atoms with Crippen molar-refractivity contribution in [1.29, 1.82) is 0 Å². The molecule has 3 unspecified atom stereocenters. The monoisotopic (exact) mass is 463 g/mol. The van der Waals surface area contributed by atoms with Crippen LogP contribution in [0.25, 0.3) is 0 Å². The molecule has 0 aliphatic heterocycles. The summed E-state index contributed by atoms with van der Waals surface area (Å²) < 4.78 is 5.37. The second kappa shape index (κ2) is 11.9. The van der Waals surface area contributed by atoms with Crippen LogP contribution in [-0.2, 0) is 14.3 Å². The number of aromatic hydroxyl groups is 1. The predicted molar refractivity (Wildman–Crippen MR) is 129 cm³/mol. The van der Waals surface area contributed by atoms with Crippen LogP contribution in [0.1, 0.15) is 80.3 Å². The third-order valence-electron chi connectivity index (χ3n) is 5.09. The zero-order chi connectivity index (χ0) is 25.5. The van der Waals surface area contributed by atoms with E-state index in [0.717, 1.165) is 0 Å². The topological polar surface area (TPSA) is 108 Å². The number of nitrogens with one attached hydrogen (secondary N) is 2. The second-order valence-corrected chi connectivity index (χ2v) is 10.0. The number of carbonyl (C=O) groups is 3. The minimum absolute atomic E-state index is 0.0647. The maximum atomic E-state index is 13.9. The molecule has 1 rings (SSSR count). The molecule has 1 aromatic carbocycles. The standard InChI is InChI=1S/C25H41N3O5/c1-10-17(6)28(23(31)20(15(2)3)27-24(32)33-25(7,8)9)21(22(30)26-16(4)5)18-11-13-19(29)14-12-18/h11-17,20-21,29H,10H2,1-9H3,(H,26,30)(H,27,32). The van der Waals surface area contributed by atoms with Crippen LogP contribution in [0.2, 0.25) is 0 Å². The lowest BCUT2D eigenvalue weighted by molar-refractivity contribution is -0.146. The summed E-state index contributed by atoms with van der Waals surface area (Å²) in [5.41, 5.74) is -0.143. The van der Waals surface area contributed by atoms with Crippen molar-refractivity contribution in [3.8, 4) is 5.75 Å². The van der Waals surface area contributed by atoms with E-state index in [-0.39, 0.29) is 35.6 Å². The van der Waals surface area contributed by atoms with Gasteiger partial charge < -0.3 is 25.4 Å². The van der Waals surface area contributed by atoms with Crippen LogP contribution >= 0.6 is 0 Å². The normalized spacial score (nSPS) is 14.4. The summed E-state index contributed by atoms with van der Waals surface area (Å²) in [4.78, 5) is 41.2. The lowest BCUT2D eigenvalue weighted by Crippen LogP contribution is -2.57. The molecule has 0 saturated heterocycles. The lowest BCUT2D eigenvalue weighted by Gasteiger charge is -2.39. The van der Waals surface area contributed by atoms with Crippen molar-refractivity contribution in [2.45, 2.75) is 98.5 Å². The van der Waals surface area contributed by atoms with Gasteiger partial charge in [0.1, 0.15) is 23.4 Å². The molecule has 186 valence electrons. The summed E-state index contributed by atoms with van der Waals surface area (Å²) in [6.07, 6.45) is -0.0848. The first-order valence-electron chi connectivity index (χ1n) is 11.6. The largest absolute Gasteiger partial charge is 0.508 e. The maximum Gasteiger partial charge on any atom is 0.408 e. The van der Waals surface area contributed by atoms with Crippen molar-refractivity contribution in [1.82, 2.24) is 15.5 Å². The van der Waals surface area contributed by atoms with Gasteiger partial charge in [-0.2, -0.15) is 0 Å². The zero-order valence-electron chi connectivity index (χ0n) is 21.4. The molecule has 0 aromatic heterocycles. The number of phenols is 1. The number of amides is 3. The van der Waals surface area contributed by atoms with Gasteiger partial charge in [-0.3, -0.25) is 9.59 Å². The van der Waals surface area contributed by atoms with Crippen molar-refractivity contribution >= 4 is 17.9 Å². The summed E-state index contributed by atoms with van der Waals surface area (Å²) in [6, 6.07) is 3.99. The molecule has 1 aromatic rings. The summed E-state index contributed by atoms with van der Waals surface area (Å²) >= 11 is 0. The molecule has 8 heteroatoms. The van der Waals surface area contributed by atoms with Crippen LogP contribution in [0.15, 0.2) is 24.3 Å². The van der Waals surface area contributed by atoms with Gasteiger partial charge in [-0.15, -0.1) is 0 Å². The number of alkyl carbamates (subject to hydrolysis) is 1. The number of nitrogens with zero attached hydrogens (tertiary/aromatic N) is 1. The van der Waals surface area contributed by atoms with Gasteiger partial charge in [0.25, 0.3) is 0 Å². The number of rotatable bonds is 9. The van der Waals surface area contributed by atoms with Gasteiger partial charge in [-0.1, -0.05) is 32.9 Å². The van der Waals surface area contributed by atoms with Crippen LogP contribution < -0.4 is 10.6 Å². The van der Waals surface area contributed by atoms with Crippen LogP contribution in [-0.4, -0.2) is 51.6 Å². The molecular formula is C25H41N3O5. The van der Waals surface area contributed by atoms with E-state index in [0.29, 0.717) is 12.0 Å². The van der Waals surface area contributed by atoms with E-state index in [2.05, 4.69) is 10.6 Å². The molecule has 0 aliphatic rings. The molecule has 3 amide bonds. The van der Waals surface area contributed by atoms with E-state index in [1.807, 2.05) is 41.5 Å². The third-order valence-corrected chi connectivity index (χ3v) is 5.09. The minimum atomic E-state index is -0.933. The molecule has 3 N–H and O–H groups in total. The molecule has 8 nitrogen and oxygen atoms in total. The fourth-order valence-corrected chi connectivity index (χ4v) is 3.36. The van der Waals surface area contributed by atoms with Crippen molar-refractivity contribution in [2.75, 3.05) is 0 Å². The number of hydrogen-bond donors (Lipinski definition) is 3. The number of benzene rings is 1. The molecule has 33 heavy (non-hydrogen) atoms. The first-order valence-corrected chi connectivity index (χ1v) is 11.6. The second-order valence-electron chi connectivity index (χ2n) is 10.0. The Hall–Kier alpha value is -2.77. The predicted octanol–water partition coefficient (Wildman–Crippen LogP) is 4.13. The lowest BCUT2D eigenvalue weighted by atomic mass is 9.96. The van der Waals surface area contributed by atoms with Gasteiger partial charge in [0.15, 0.2) is 0 Å². The van der Waals surface area contributed by atoms with E-state index >= 15 is 0 Å². The van der Waals surface area contributed by atoms with E-state index < -0.39 is 23.8 Å². The van der Waals surface area contributed by atoms with Gasteiger partial charge in [0.05, 0.1) is 0 Å². The van der Waals surface area contributed by atoms with Gasteiger partial charge in [0.2, 0.25) is 11.8 Å². The highest BCUT2D eigenvalue weighted by Crippen LogP contribution is 2.28. The molecule has 3 atom stereocenters. The minimum Gasteiger partial charge on any atom is -0.508 e. The fraction of sp³-hybridized carbons (Fsp3) is 0.640. The number of carbonyl (C=O) groups excluding carboxylic acids is 3. The molecule has 0 fully saturated rings. The Morgan fingerprint density at radius 2 is 1.55 bits per heavy atom. The number of ether oxygens (including phenoxy) is 1. The first kappa shape index (κ1) is 28.3. The quantitative estimate of drug-likeness (QED) is 0.510. The van der Waals surface area contributed by atoms with E-state index in [4.69, 9.17) is 4.74 Å². The Morgan fingerprint density at radius 1 is 1.00 bits per heavy atom. The molecule has 0 spiro atoms. The van der Waals surface area contributed by atoms with Gasteiger partial charge in [-0.25, -0.2) is 4.79 Å². The molecule has 0 saturated carbocycles. The molecule has 0 bridgehead atoms. The van der Waals surface area contributed by atoms with Crippen molar-refractivity contribution < 1.29 is 24.2 Å². The Labute approximate surface area is 198 Å². The molecular weight excluding hydrogens is 422 g/mol. The van der Waals surface area contributed by atoms with E-state index in [1.165, 1.54) is 17.0 Å². The Kier molecular flexibility index (Phi) is 10.2. The van der Waals surface area contributed by atoms with Gasteiger partial charge in [-0.05, 0) is 71.6 Å². The number of hydrogen-bond acceptors (Lipinski definition) is 5. The summed E-state index contributed by atoms with van der Waals surface area (Å²) in [5.74, 6) is -0.883. The van der Waals surface area contributed by atoms with Gasteiger partial charge in [0, 0.05) is 12.1 Å². The average Bonchev–Trinajstić information content (AvgIpc) is 2.67. The van der Waals surface area contributed by atoms with E-state index in [9.17, 15) is 19.5 Å². The van der Waals surface area contributed by atoms with Crippen LogP contribution in [0.5, 0.6) is 5.75 Å². The Bertz CT molecular complexity index is 799. The summed E-state index contributed by atoms with van der Waals surface area (Å²) in [6.45, 7) is 16.4. The fourth-order valence-electron chi connectivity index (χ4n) is 3.36. The van der Waals surface area contributed by atoms with Gasteiger partial charge >= 0.3 is 6.09 Å². The number of phenolic OH excluding ortho intramolecular Hbond substituents is 1. The summed E-state index contributed by atoms with van der Waals surface area (Å²) in [5, 5.41) is 15.3. The van der Waals surface area contributed by atoms with E-state index in [1.54, 1.807) is 32.9 Å². The highest BCUT2D eigenvalue weighted by atomic mass is 16.6. The average molecular weight is 464 g/mol. The Morgan fingerprint density at radius 3 is 1.97 bits per heavy atom. The third kappa shape index (κ3) is 8.59.